The van der Waals surface area contributed by atoms with Crippen LogP contribution in [0.3, 0.4) is 0 Å². The number of methoxy groups -OCH3 is 2. The molecule has 0 unspecified atom stereocenters. The molecule has 2 aromatic carbocycles. The summed E-state index contributed by atoms with van der Waals surface area (Å²) < 4.78 is 34.0. The zero-order valence-electron chi connectivity index (χ0n) is 20.1. The highest BCUT2D eigenvalue weighted by atomic mass is 16.6. The van der Waals surface area contributed by atoms with Crippen molar-refractivity contribution in [3.63, 3.8) is 0 Å². The summed E-state index contributed by atoms with van der Waals surface area (Å²) in [6, 6.07) is 9.25. The molecule has 2 heterocycles. The number of ether oxygens (including phenoxy) is 6. The quantitative estimate of drug-likeness (QED) is 0.514. The van der Waals surface area contributed by atoms with Crippen molar-refractivity contribution in [2.24, 2.45) is 5.41 Å². The average molecular weight is 483 g/mol. The van der Waals surface area contributed by atoms with E-state index < -0.39 is 5.41 Å². The number of carbonyl (C=O) groups excluding carboxylic acids is 2. The molecule has 0 spiro atoms. The van der Waals surface area contributed by atoms with Gasteiger partial charge < -0.3 is 28.4 Å². The van der Waals surface area contributed by atoms with Gasteiger partial charge in [-0.15, -0.1) is 0 Å². The molecule has 5 rings (SSSR count). The fourth-order valence-corrected chi connectivity index (χ4v) is 4.86. The van der Waals surface area contributed by atoms with Crippen LogP contribution in [-0.4, -0.2) is 52.1 Å². The van der Waals surface area contributed by atoms with Crippen LogP contribution in [0.15, 0.2) is 30.3 Å². The third kappa shape index (κ3) is 4.43. The van der Waals surface area contributed by atoms with E-state index in [-0.39, 0.29) is 31.3 Å². The van der Waals surface area contributed by atoms with E-state index in [4.69, 9.17) is 28.4 Å². The predicted octanol–water partition coefficient (Wildman–Crippen LogP) is 4.31. The fourth-order valence-electron chi connectivity index (χ4n) is 4.86. The molecule has 2 aliphatic heterocycles. The SMILES string of the molecule is COc1ccc(-c2ccc3c(c2)COC3=O)c(OCC2(C(=O)OC3CCOCC3)CCC2)c1OC. The van der Waals surface area contributed by atoms with Gasteiger partial charge in [0.1, 0.15) is 24.7 Å². The average Bonchev–Trinajstić information content (AvgIpc) is 3.23. The van der Waals surface area contributed by atoms with Gasteiger partial charge in [0.05, 0.1) is 33.0 Å². The zero-order valence-corrected chi connectivity index (χ0v) is 20.1. The van der Waals surface area contributed by atoms with Crippen molar-refractivity contribution in [2.45, 2.75) is 44.8 Å². The second-order valence-corrected chi connectivity index (χ2v) is 9.27. The topological polar surface area (TPSA) is 89.5 Å². The maximum Gasteiger partial charge on any atom is 0.338 e. The molecule has 2 fully saturated rings. The van der Waals surface area contributed by atoms with Crippen LogP contribution in [0.5, 0.6) is 17.2 Å². The first kappa shape index (κ1) is 23.5. The standard InChI is InChI=1S/C27H30O8/c1-30-22-7-6-20(17-4-5-21-18(14-17)15-33-25(21)28)23(24(22)31-2)34-16-27(10-3-11-27)26(29)35-19-8-12-32-13-9-19/h4-7,14,19H,3,8-13,15-16H2,1-2H3. The summed E-state index contributed by atoms with van der Waals surface area (Å²) in [7, 11) is 3.13. The van der Waals surface area contributed by atoms with Crippen molar-refractivity contribution < 1.29 is 38.0 Å². The van der Waals surface area contributed by atoms with Gasteiger partial charge in [0.15, 0.2) is 11.5 Å². The summed E-state index contributed by atoms with van der Waals surface area (Å²) >= 11 is 0. The summed E-state index contributed by atoms with van der Waals surface area (Å²) in [5.74, 6) is 0.947. The van der Waals surface area contributed by atoms with Gasteiger partial charge in [-0.3, -0.25) is 4.79 Å². The first-order chi connectivity index (χ1) is 17.0. The van der Waals surface area contributed by atoms with Crippen LogP contribution in [0, 0.1) is 5.41 Å². The van der Waals surface area contributed by atoms with Crippen molar-refractivity contribution >= 4 is 11.9 Å². The minimum Gasteiger partial charge on any atom is -0.493 e. The highest BCUT2D eigenvalue weighted by molar-refractivity contribution is 5.94. The second kappa shape index (κ2) is 9.77. The molecule has 8 nitrogen and oxygen atoms in total. The van der Waals surface area contributed by atoms with E-state index in [0.717, 1.165) is 48.8 Å². The molecular weight excluding hydrogens is 452 g/mol. The first-order valence-electron chi connectivity index (χ1n) is 12.0. The lowest BCUT2D eigenvalue weighted by Gasteiger charge is -2.40. The van der Waals surface area contributed by atoms with Crippen molar-refractivity contribution in [1.29, 1.82) is 0 Å². The smallest absolute Gasteiger partial charge is 0.338 e. The van der Waals surface area contributed by atoms with Gasteiger partial charge in [0, 0.05) is 24.0 Å². The lowest BCUT2D eigenvalue weighted by atomic mass is 9.69. The molecule has 186 valence electrons. The largest absolute Gasteiger partial charge is 0.493 e. The highest BCUT2D eigenvalue weighted by Gasteiger charge is 2.47. The van der Waals surface area contributed by atoms with Crippen molar-refractivity contribution in [3.05, 3.63) is 41.5 Å². The van der Waals surface area contributed by atoms with Gasteiger partial charge in [0.2, 0.25) is 5.75 Å². The molecule has 0 aromatic heterocycles. The molecule has 0 radical (unpaired) electrons. The second-order valence-electron chi connectivity index (χ2n) is 9.27. The Hall–Kier alpha value is -3.26. The van der Waals surface area contributed by atoms with E-state index in [1.54, 1.807) is 20.3 Å². The normalized spacial score (nSPS) is 18.7. The van der Waals surface area contributed by atoms with Gasteiger partial charge in [-0.05, 0) is 42.7 Å². The monoisotopic (exact) mass is 482 g/mol. The maximum absolute atomic E-state index is 13.2. The lowest BCUT2D eigenvalue weighted by Crippen LogP contribution is -2.46. The van der Waals surface area contributed by atoms with Gasteiger partial charge in [-0.1, -0.05) is 12.5 Å². The molecule has 1 saturated heterocycles. The Kier molecular flexibility index (Phi) is 6.56. The van der Waals surface area contributed by atoms with E-state index in [9.17, 15) is 9.59 Å². The fraction of sp³-hybridized carbons (Fsp3) is 0.481. The van der Waals surface area contributed by atoms with Crippen LogP contribution in [0.25, 0.3) is 11.1 Å². The Morgan fingerprint density at radius 2 is 1.80 bits per heavy atom. The Labute approximate surface area is 204 Å². The maximum atomic E-state index is 13.2. The molecule has 3 aliphatic rings. The van der Waals surface area contributed by atoms with Crippen LogP contribution in [0.2, 0.25) is 0 Å². The predicted molar refractivity (Wildman–Crippen MR) is 126 cm³/mol. The van der Waals surface area contributed by atoms with Gasteiger partial charge in [-0.25, -0.2) is 4.79 Å². The molecule has 2 aromatic rings. The van der Waals surface area contributed by atoms with Gasteiger partial charge in [-0.2, -0.15) is 0 Å². The number of hydrogen-bond acceptors (Lipinski definition) is 8. The summed E-state index contributed by atoms with van der Waals surface area (Å²) in [4.78, 5) is 25.1. The number of benzene rings is 2. The van der Waals surface area contributed by atoms with Crippen LogP contribution in [-0.2, 0) is 25.6 Å². The number of esters is 2. The Morgan fingerprint density at radius 1 is 1.03 bits per heavy atom. The summed E-state index contributed by atoms with van der Waals surface area (Å²) in [5.41, 5.74) is 2.34. The third-order valence-electron chi connectivity index (χ3n) is 7.17. The molecule has 1 aliphatic carbocycles. The molecule has 8 heteroatoms. The summed E-state index contributed by atoms with van der Waals surface area (Å²) in [6.45, 7) is 1.65. The number of hydrogen-bond donors (Lipinski definition) is 0. The number of fused-ring (bicyclic) bond motifs is 1. The molecule has 0 amide bonds. The van der Waals surface area contributed by atoms with E-state index in [1.807, 2.05) is 24.3 Å². The van der Waals surface area contributed by atoms with Crippen molar-refractivity contribution in [3.8, 4) is 28.4 Å². The molecule has 1 saturated carbocycles. The summed E-state index contributed by atoms with van der Waals surface area (Å²) in [6.07, 6.45) is 3.73. The molecule has 35 heavy (non-hydrogen) atoms. The van der Waals surface area contributed by atoms with Crippen LogP contribution >= 0.6 is 0 Å². The molecule has 0 bridgehead atoms. The van der Waals surface area contributed by atoms with Gasteiger partial charge >= 0.3 is 11.9 Å². The van der Waals surface area contributed by atoms with Crippen molar-refractivity contribution in [1.82, 2.24) is 0 Å². The highest BCUT2D eigenvalue weighted by Crippen LogP contribution is 2.48. The number of cyclic esters (lactones) is 1. The Morgan fingerprint density at radius 3 is 2.49 bits per heavy atom. The molecule has 0 atom stereocenters. The van der Waals surface area contributed by atoms with Crippen LogP contribution in [0.4, 0.5) is 0 Å². The molecule has 0 N–H and O–H groups in total. The molecular formula is C27H30O8. The minimum absolute atomic E-state index is 0.105. The minimum atomic E-state index is -0.679. The summed E-state index contributed by atoms with van der Waals surface area (Å²) in [5, 5.41) is 0. The van der Waals surface area contributed by atoms with E-state index in [2.05, 4.69) is 0 Å². The first-order valence-corrected chi connectivity index (χ1v) is 12.0. The Bertz CT molecular complexity index is 1110. The van der Waals surface area contributed by atoms with E-state index in [1.165, 1.54) is 0 Å². The van der Waals surface area contributed by atoms with Gasteiger partial charge in [0.25, 0.3) is 0 Å². The van der Waals surface area contributed by atoms with E-state index in [0.29, 0.717) is 36.0 Å². The third-order valence-corrected chi connectivity index (χ3v) is 7.17. The van der Waals surface area contributed by atoms with Crippen LogP contribution < -0.4 is 14.2 Å². The van der Waals surface area contributed by atoms with E-state index >= 15 is 0 Å². The number of rotatable bonds is 8. The van der Waals surface area contributed by atoms with Crippen molar-refractivity contribution in [2.75, 3.05) is 34.0 Å². The lowest BCUT2D eigenvalue weighted by molar-refractivity contribution is -0.174. The zero-order chi connectivity index (χ0) is 24.4. The van der Waals surface area contributed by atoms with Crippen LogP contribution in [0.1, 0.15) is 48.0 Å². The number of carbonyl (C=O) groups is 2. The Balaban J connectivity index is 1.43.